The second-order valence-corrected chi connectivity index (χ2v) is 8.16. The summed E-state index contributed by atoms with van der Waals surface area (Å²) in [7, 11) is 2.00. The molecule has 0 amide bonds. The van der Waals surface area contributed by atoms with E-state index in [0.717, 1.165) is 55.1 Å². The molecule has 1 N–H and O–H groups in total. The van der Waals surface area contributed by atoms with Crippen LogP contribution in [-0.2, 0) is 13.6 Å². The van der Waals surface area contributed by atoms with E-state index in [2.05, 4.69) is 32.2 Å². The highest BCUT2D eigenvalue weighted by atomic mass is 127. The molecule has 3 fully saturated rings. The van der Waals surface area contributed by atoms with Crippen LogP contribution >= 0.6 is 24.0 Å². The molecule has 7 nitrogen and oxygen atoms in total. The molecule has 1 aromatic heterocycles. The van der Waals surface area contributed by atoms with Gasteiger partial charge in [-0.15, -0.1) is 34.2 Å². The molecule has 2 saturated carbocycles. The van der Waals surface area contributed by atoms with Gasteiger partial charge in [0.25, 0.3) is 0 Å². The number of aliphatic imine (C=N–C) groups is 1. The van der Waals surface area contributed by atoms with Crippen LogP contribution in [0.25, 0.3) is 0 Å². The first-order valence-corrected chi connectivity index (χ1v) is 10.3. The smallest absolute Gasteiger partial charge is 0.194 e. The van der Waals surface area contributed by atoms with Crippen molar-refractivity contribution < 1.29 is 0 Å². The van der Waals surface area contributed by atoms with Crippen LogP contribution in [-0.4, -0.2) is 69.3 Å². The Kier molecular flexibility index (Phi) is 6.99. The van der Waals surface area contributed by atoms with Gasteiger partial charge in [-0.3, -0.25) is 4.90 Å². The summed E-state index contributed by atoms with van der Waals surface area (Å²) in [6.45, 7) is 10.0. The zero-order chi connectivity index (χ0) is 18.1. The molecule has 3 unspecified atom stereocenters. The summed E-state index contributed by atoms with van der Waals surface area (Å²) in [4.78, 5) is 10.0. The van der Waals surface area contributed by atoms with Crippen LogP contribution in [0.4, 0.5) is 0 Å². The Labute approximate surface area is 180 Å². The number of aromatic nitrogens is 3. The van der Waals surface area contributed by atoms with Gasteiger partial charge in [-0.25, -0.2) is 4.99 Å². The molecule has 152 valence electrons. The van der Waals surface area contributed by atoms with Crippen molar-refractivity contribution in [2.75, 3.05) is 32.7 Å². The lowest BCUT2D eigenvalue weighted by atomic mass is 9.93. The van der Waals surface area contributed by atoms with Crippen LogP contribution in [0, 0.1) is 18.8 Å². The maximum absolute atomic E-state index is 4.83. The van der Waals surface area contributed by atoms with Crippen LogP contribution < -0.4 is 5.32 Å². The van der Waals surface area contributed by atoms with Crippen molar-refractivity contribution in [2.24, 2.45) is 23.9 Å². The fourth-order valence-electron chi connectivity index (χ4n) is 5.08. The fraction of sp³-hybridized carbons (Fsp3) is 0.842. The van der Waals surface area contributed by atoms with Crippen molar-refractivity contribution >= 4 is 29.9 Å². The van der Waals surface area contributed by atoms with Gasteiger partial charge in [0.1, 0.15) is 12.4 Å². The summed E-state index contributed by atoms with van der Waals surface area (Å²) >= 11 is 0. The molecule has 1 aromatic rings. The molecule has 0 spiro atoms. The first kappa shape index (κ1) is 20.8. The van der Waals surface area contributed by atoms with Gasteiger partial charge >= 0.3 is 0 Å². The van der Waals surface area contributed by atoms with Crippen molar-refractivity contribution in [3.05, 3.63) is 11.6 Å². The molecule has 2 heterocycles. The summed E-state index contributed by atoms with van der Waals surface area (Å²) < 4.78 is 2.01. The van der Waals surface area contributed by atoms with E-state index < -0.39 is 0 Å². The Morgan fingerprint density at radius 3 is 2.48 bits per heavy atom. The molecule has 0 aromatic carbocycles. The second-order valence-electron chi connectivity index (χ2n) is 8.16. The number of aryl methyl sites for hydroxylation is 1. The Morgan fingerprint density at radius 2 is 1.93 bits per heavy atom. The van der Waals surface area contributed by atoms with Gasteiger partial charge in [0.05, 0.1) is 0 Å². The lowest BCUT2D eigenvalue weighted by Gasteiger charge is -2.42. The van der Waals surface area contributed by atoms with Gasteiger partial charge in [0.15, 0.2) is 11.8 Å². The monoisotopic (exact) mass is 487 g/mol. The average Bonchev–Trinajstić information content (AvgIpc) is 3.37. The first-order chi connectivity index (χ1) is 12.7. The largest absolute Gasteiger partial charge is 0.357 e. The highest BCUT2D eigenvalue weighted by Gasteiger charge is 2.42. The van der Waals surface area contributed by atoms with E-state index in [0.29, 0.717) is 6.54 Å². The average molecular weight is 487 g/mol. The summed E-state index contributed by atoms with van der Waals surface area (Å²) in [5.74, 6) is 4.86. The lowest BCUT2D eigenvalue weighted by Crippen LogP contribution is -2.55. The second kappa shape index (κ2) is 9.07. The molecule has 3 atom stereocenters. The predicted octanol–water partition coefficient (Wildman–Crippen LogP) is 2.01. The van der Waals surface area contributed by atoms with E-state index >= 15 is 0 Å². The zero-order valence-electron chi connectivity index (χ0n) is 16.9. The van der Waals surface area contributed by atoms with Crippen LogP contribution in [0.3, 0.4) is 0 Å². The van der Waals surface area contributed by atoms with Crippen molar-refractivity contribution in [3.63, 3.8) is 0 Å². The van der Waals surface area contributed by atoms with Gasteiger partial charge in [-0.1, -0.05) is 6.42 Å². The molecule has 4 rings (SSSR count). The van der Waals surface area contributed by atoms with Crippen molar-refractivity contribution in [3.8, 4) is 0 Å². The van der Waals surface area contributed by atoms with Gasteiger partial charge in [0, 0.05) is 45.8 Å². The number of nitrogens with zero attached hydrogens (tertiary/aromatic N) is 6. The minimum atomic E-state index is 0. The van der Waals surface area contributed by atoms with Gasteiger partial charge < -0.3 is 14.8 Å². The number of hydrogen-bond donors (Lipinski definition) is 1. The van der Waals surface area contributed by atoms with Gasteiger partial charge in [0.2, 0.25) is 0 Å². The molecule has 2 aliphatic carbocycles. The predicted molar refractivity (Wildman–Crippen MR) is 118 cm³/mol. The number of hydrogen-bond acceptors (Lipinski definition) is 4. The molecule has 8 heteroatoms. The van der Waals surface area contributed by atoms with Crippen LogP contribution in [0.2, 0.25) is 0 Å². The lowest BCUT2D eigenvalue weighted by molar-refractivity contribution is 0.0958. The Balaban J connectivity index is 0.00000210. The number of rotatable bonds is 4. The molecular weight excluding hydrogens is 453 g/mol. The molecular formula is C19H34IN7. The summed E-state index contributed by atoms with van der Waals surface area (Å²) in [6.07, 6.45) is 5.90. The van der Waals surface area contributed by atoms with E-state index in [4.69, 9.17) is 4.99 Å². The third-order valence-electron chi connectivity index (χ3n) is 6.67. The summed E-state index contributed by atoms with van der Waals surface area (Å²) in [5, 5.41) is 11.8. The molecule has 0 radical (unpaired) electrons. The summed E-state index contributed by atoms with van der Waals surface area (Å²) in [6, 6.07) is 0.858. The van der Waals surface area contributed by atoms with E-state index in [1.54, 1.807) is 0 Å². The van der Waals surface area contributed by atoms with Gasteiger partial charge in [-0.2, -0.15) is 0 Å². The maximum atomic E-state index is 4.83. The molecule has 2 bridgehead atoms. The van der Waals surface area contributed by atoms with E-state index in [1.165, 1.54) is 38.8 Å². The fourth-order valence-corrected chi connectivity index (χ4v) is 5.08. The van der Waals surface area contributed by atoms with Crippen molar-refractivity contribution in [1.29, 1.82) is 0 Å². The molecule has 1 saturated heterocycles. The molecule has 27 heavy (non-hydrogen) atoms. The minimum Gasteiger partial charge on any atom is -0.357 e. The summed E-state index contributed by atoms with van der Waals surface area (Å²) in [5.41, 5.74) is 0. The number of halogens is 1. The number of fused-ring (bicyclic) bond motifs is 2. The van der Waals surface area contributed by atoms with Crippen molar-refractivity contribution in [2.45, 2.75) is 52.1 Å². The SMILES string of the molecule is CCNC(=NCc1nnc(C)n1C)N1CCN(C2CC3CCC2C3)CC1.I. The van der Waals surface area contributed by atoms with Gasteiger partial charge in [-0.05, 0) is 44.9 Å². The Bertz CT molecular complexity index is 650. The third kappa shape index (κ3) is 4.41. The topological polar surface area (TPSA) is 61.6 Å². The Hall–Kier alpha value is -0.900. The molecule has 1 aliphatic heterocycles. The van der Waals surface area contributed by atoms with E-state index in [1.807, 2.05) is 18.5 Å². The quantitative estimate of drug-likeness (QED) is 0.400. The zero-order valence-corrected chi connectivity index (χ0v) is 19.2. The van der Waals surface area contributed by atoms with Crippen LogP contribution in [0.15, 0.2) is 4.99 Å². The maximum Gasteiger partial charge on any atom is 0.194 e. The third-order valence-corrected chi connectivity index (χ3v) is 6.67. The van der Waals surface area contributed by atoms with Crippen LogP contribution in [0.1, 0.15) is 44.3 Å². The van der Waals surface area contributed by atoms with Crippen molar-refractivity contribution in [1.82, 2.24) is 29.9 Å². The standard InChI is InChI=1S/C19H33N7.HI/c1-4-20-19(21-13-18-23-22-14(2)24(18)3)26-9-7-25(8-10-26)17-12-15-5-6-16(17)11-15;/h15-17H,4-13H2,1-3H3,(H,20,21);1H. The highest BCUT2D eigenvalue weighted by molar-refractivity contribution is 14.0. The first-order valence-electron chi connectivity index (χ1n) is 10.3. The number of piperazine rings is 1. The highest BCUT2D eigenvalue weighted by Crippen LogP contribution is 2.46. The van der Waals surface area contributed by atoms with Crippen LogP contribution in [0.5, 0.6) is 0 Å². The minimum absolute atomic E-state index is 0. The normalized spacial score (nSPS) is 28.5. The molecule has 3 aliphatic rings. The number of guanidine groups is 1. The Morgan fingerprint density at radius 1 is 1.15 bits per heavy atom. The van der Waals surface area contributed by atoms with E-state index in [9.17, 15) is 0 Å². The number of nitrogens with one attached hydrogen (secondary N) is 1. The van der Waals surface area contributed by atoms with E-state index in [-0.39, 0.29) is 24.0 Å².